The Morgan fingerprint density at radius 3 is 3.00 bits per heavy atom. The minimum absolute atomic E-state index is 0.107. The number of aromatic amines is 1. The van der Waals surface area contributed by atoms with E-state index < -0.39 is 5.97 Å². The second-order valence-corrected chi connectivity index (χ2v) is 4.36. The molecule has 0 saturated heterocycles. The number of esters is 1. The zero-order valence-corrected chi connectivity index (χ0v) is 9.50. The lowest BCUT2D eigenvalue weighted by atomic mass is 9.87. The smallest absolute Gasteiger partial charge is 0.343 e. The SMILES string of the molecule is COC(=O)c1cc2c([nH]c1=O)CC(C)CC2. The molecule has 1 heterocycles. The number of nitrogens with one attached hydrogen (secondary N) is 1. The molecule has 86 valence electrons. The molecule has 1 aliphatic carbocycles. The van der Waals surface area contributed by atoms with Crippen molar-refractivity contribution >= 4 is 5.97 Å². The number of ether oxygens (including phenoxy) is 1. The van der Waals surface area contributed by atoms with E-state index in [0.29, 0.717) is 5.92 Å². The van der Waals surface area contributed by atoms with Gasteiger partial charge in [-0.3, -0.25) is 4.79 Å². The molecule has 1 unspecified atom stereocenters. The van der Waals surface area contributed by atoms with E-state index in [4.69, 9.17) is 0 Å². The van der Waals surface area contributed by atoms with Gasteiger partial charge in [-0.25, -0.2) is 4.79 Å². The van der Waals surface area contributed by atoms with E-state index in [1.807, 2.05) is 0 Å². The second kappa shape index (κ2) is 4.12. The molecular formula is C12H15NO3. The highest BCUT2D eigenvalue weighted by Crippen LogP contribution is 2.23. The molecule has 0 amide bonds. The highest BCUT2D eigenvalue weighted by molar-refractivity contribution is 5.89. The van der Waals surface area contributed by atoms with Gasteiger partial charge < -0.3 is 9.72 Å². The molecule has 1 atom stereocenters. The van der Waals surface area contributed by atoms with Gasteiger partial charge >= 0.3 is 5.97 Å². The molecule has 0 aromatic carbocycles. The van der Waals surface area contributed by atoms with E-state index in [0.717, 1.165) is 30.5 Å². The van der Waals surface area contributed by atoms with Gasteiger partial charge in [-0.2, -0.15) is 0 Å². The number of aryl methyl sites for hydroxylation is 1. The summed E-state index contributed by atoms with van der Waals surface area (Å²) >= 11 is 0. The molecule has 1 N–H and O–H groups in total. The fourth-order valence-electron chi connectivity index (χ4n) is 2.13. The lowest BCUT2D eigenvalue weighted by Crippen LogP contribution is -2.24. The number of fused-ring (bicyclic) bond motifs is 1. The molecule has 0 spiro atoms. The standard InChI is InChI=1S/C12H15NO3/c1-7-3-4-8-6-9(12(15)16-2)11(14)13-10(8)5-7/h6-7H,3-5H2,1-2H3,(H,13,14). The Morgan fingerprint density at radius 2 is 2.31 bits per heavy atom. The van der Waals surface area contributed by atoms with Crippen LogP contribution in [0.3, 0.4) is 0 Å². The van der Waals surface area contributed by atoms with Crippen molar-refractivity contribution in [2.24, 2.45) is 5.92 Å². The van der Waals surface area contributed by atoms with Crippen LogP contribution >= 0.6 is 0 Å². The number of pyridine rings is 1. The second-order valence-electron chi connectivity index (χ2n) is 4.36. The molecule has 0 radical (unpaired) electrons. The van der Waals surface area contributed by atoms with Crippen LogP contribution in [-0.2, 0) is 17.6 Å². The summed E-state index contributed by atoms with van der Waals surface area (Å²) < 4.78 is 4.57. The maximum Gasteiger partial charge on any atom is 0.343 e. The van der Waals surface area contributed by atoms with Gasteiger partial charge in [-0.15, -0.1) is 0 Å². The van der Waals surface area contributed by atoms with Gasteiger partial charge in [-0.05, 0) is 36.8 Å². The largest absolute Gasteiger partial charge is 0.465 e. The van der Waals surface area contributed by atoms with Gasteiger partial charge in [0.2, 0.25) is 0 Å². The van der Waals surface area contributed by atoms with Crippen LogP contribution in [0.4, 0.5) is 0 Å². The zero-order chi connectivity index (χ0) is 11.7. The fraction of sp³-hybridized carbons (Fsp3) is 0.500. The summed E-state index contributed by atoms with van der Waals surface area (Å²) in [5.41, 5.74) is 1.80. The number of methoxy groups -OCH3 is 1. The maximum atomic E-state index is 11.6. The third-order valence-electron chi connectivity index (χ3n) is 3.08. The first kappa shape index (κ1) is 10.9. The highest BCUT2D eigenvalue weighted by Gasteiger charge is 2.20. The Bertz CT molecular complexity index is 476. The summed E-state index contributed by atoms with van der Waals surface area (Å²) in [5, 5.41) is 0. The molecule has 4 nitrogen and oxygen atoms in total. The normalized spacial score (nSPS) is 19.0. The van der Waals surface area contributed by atoms with Crippen LogP contribution < -0.4 is 5.56 Å². The number of carbonyl (C=O) groups excluding carboxylic acids is 1. The van der Waals surface area contributed by atoms with E-state index in [-0.39, 0.29) is 11.1 Å². The number of rotatable bonds is 1. The van der Waals surface area contributed by atoms with Gasteiger partial charge in [0.25, 0.3) is 5.56 Å². The van der Waals surface area contributed by atoms with Gasteiger partial charge in [0.15, 0.2) is 0 Å². The third kappa shape index (κ3) is 1.87. The quantitative estimate of drug-likeness (QED) is 0.727. The molecule has 0 bridgehead atoms. The molecule has 4 heteroatoms. The third-order valence-corrected chi connectivity index (χ3v) is 3.08. The predicted molar refractivity (Wildman–Crippen MR) is 59.6 cm³/mol. The Labute approximate surface area is 93.6 Å². The number of aromatic nitrogens is 1. The monoisotopic (exact) mass is 221 g/mol. The number of hydrogen-bond donors (Lipinski definition) is 1. The van der Waals surface area contributed by atoms with Crippen molar-refractivity contribution in [2.75, 3.05) is 7.11 Å². The van der Waals surface area contributed by atoms with Gasteiger partial charge in [0, 0.05) is 5.69 Å². The summed E-state index contributed by atoms with van der Waals surface area (Å²) in [6.45, 7) is 2.16. The molecule has 0 aliphatic heterocycles. The molecule has 1 aliphatic rings. The average molecular weight is 221 g/mol. The molecule has 2 rings (SSSR count). The van der Waals surface area contributed by atoms with E-state index in [1.54, 1.807) is 6.07 Å². The predicted octanol–water partition coefficient (Wildman–Crippen LogP) is 1.29. The van der Waals surface area contributed by atoms with E-state index in [1.165, 1.54) is 7.11 Å². The van der Waals surface area contributed by atoms with Gasteiger partial charge in [0.1, 0.15) is 5.56 Å². The zero-order valence-electron chi connectivity index (χ0n) is 9.50. The summed E-state index contributed by atoms with van der Waals surface area (Å²) in [6.07, 6.45) is 2.89. The Morgan fingerprint density at radius 1 is 1.56 bits per heavy atom. The Hall–Kier alpha value is -1.58. The highest BCUT2D eigenvalue weighted by atomic mass is 16.5. The fourth-order valence-corrected chi connectivity index (χ4v) is 2.13. The van der Waals surface area contributed by atoms with Crippen LogP contribution in [0.25, 0.3) is 0 Å². The van der Waals surface area contributed by atoms with Crippen molar-refractivity contribution in [3.05, 3.63) is 33.2 Å². The molecule has 1 aromatic rings. The first-order valence-corrected chi connectivity index (χ1v) is 5.45. The minimum Gasteiger partial charge on any atom is -0.465 e. The van der Waals surface area contributed by atoms with Crippen molar-refractivity contribution in [1.82, 2.24) is 4.98 Å². The van der Waals surface area contributed by atoms with Gasteiger partial charge in [-0.1, -0.05) is 6.92 Å². The van der Waals surface area contributed by atoms with Crippen LogP contribution in [0.15, 0.2) is 10.9 Å². The summed E-state index contributed by atoms with van der Waals surface area (Å²) in [5.74, 6) is 0.0230. The molecule has 16 heavy (non-hydrogen) atoms. The van der Waals surface area contributed by atoms with Crippen LogP contribution in [0, 0.1) is 5.92 Å². The first-order chi connectivity index (χ1) is 7.61. The summed E-state index contributed by atoms with van der Waals surface area (Å²) in [6, 6.07) is 1.67. The molecule has 0 saturated carbocycles. The van der Waals surface area contributed by atoms with Crippen molar-refractivity contribution in [3.8, 4) is 0 Å². The maximum absolute atomic E-state index is 11.6. The summed E-state index contributed by atoms with van der Waals surface area (Å²) in [4.78, 5) is 25.8. The van der Waals surface area contributed by atoms with Gasteiger partial charge in [0.05, 0.1) is 7.11 Å². The average Bonchev–Trinajstić information content (AvgIpc) is 2.27. The summed E-state index contributed by atoms with van der Waals surface area (Å²) in [7, 11) is 1.28. The van der Waals surface area contributed by atoms with Crippen molar-refractivity contribution in [3.63, 3.8) is 0 Å². The van der Waals surface area contributed by atoms with E-state index in [2.05, 4.69) is 16.6 Å². The van der Waals surface area contributed by atoms with Crippen LogP contribution in [0.1, 0.15) is 35.0 Å². The Balaban J connectivity index is 2.46. The number of H-pyrrole nitrogens is 1. The first-order valence-electron chi connectivity index (χ1n) is 5.45. The molecule has 0 fully saturated rings. The molecule has 1 aromatic heterocycles. The van der Waals surface area contributed by atoms with Crippen molar-refractivity contribution in [1.29, 1.82) is 0 Å². The van der Waals surface area contributed by atoms with Crippen LogP contribution in [-0.4, -0.2) is 18.1 Å². The topological polar surface area (TPSA) is 59.2 Å². The number of hydrogen-bond acceptors (Lipinski definition) is 3. The lowest BCUT2D eigenvalue weighted by Gasteiger charge is -2.21. The van der Waals surface area contributed by atoms with Crippen molar-refractivity contribution in [2.45, 2.75) is 26.2 Å². The number of carbonyl (C=O) groups is 1. The van der Waals surface area contributed by atoms with E-state index >= 15 is 0 Å². The molecular weight excluding hydrogens is 206 g/mol. The minimum atomic E-state index is -0.567. The van der Waals surface area contributed by atoms with Crippen LogP contribution in [0.2, 0.25) is 0 Å². The Kier molecular flexibility index (Phi) is 2.81. The van der Waals surface area contributed by atoms with E-state index in [9.17, 15) is 9.59 Å². The van der Waals surface area contributed by atoms with Crippen LogP contribution in [0.5, 0.6) is 0 Å². The lowest BCUT2D eigenvalue weighted by molar-refractivity contribution is 0.0598. The van der Waals surface area contributed by atoms with Crippen molar-refractivity contribution < 1.29 is 9.53 Å².